The van der Waals surface area contributed by atoms with Crippen molar-refractivity contribution in [2.24, 2.45) is 0 Å². The van der Waals surface area contributed by atoms with Crippen LogP contribution in [0.15, 0.2) is 24.3 Å². The average Bonchev–Trinajstić information content (AvgIpc) is 2.99. The molecule has 5 nitrogen and oxygen atoms in total. The van der Waals surface area contributed by atoms with Gasteiger partial charge in [0.25, 0.3) is 0 Å². The minimum absolute atomic E-state index is 0.0678. The Bertz CT molecular complexity index is 642. The van der Waals surface area contributed by atoms with Crippen molar-refractivity contribution in [2.45, 2.75) is 187 Å². The summed E-state index contributed by atoms with van der Waals surface area (Å²) in [5.74, 6) is -0.603. The summed E-state index contributed by atoms with van der Waals surface area (Å²) < 4.78 is 10.6. The molecule has 0 aromatic heterocycles. The number of unbranched alkanes of at least 4 members (excludes halogenated alkanes) is 20. The van der Waals surface area contributed by atoms with E-state index in [1.54, 1.807) is 0 Å². The molecule has 1 unspecified atom stereocenters. The maximum atomic E-state index is 12.1. The van der Waals surface area contributed by atoms with Crippen LogP contribution >= 0.6 is 0 Å². The Labute approximate surface area is 260 Å². The molecule has 1 N–H and O–H groups in total. The molecular formula is C37H68O5. The van der Waals surface area contributed by atoms with Gasteiger partial charge >= 0.3 is 11.9 Å². The van der Waals surface area contributed by atoms with Gasteiger partial charge in [-0.1, -0.05) is 147 Å². The van der Waals surface area contributed by atoms with Crippen LogP contribution in [0.3, 0.4) is 0 Å². The maximum absolute atomic E-state index is 12.1. The fourth-order valence-electron chi connectivity index (χ4n) is 4.99. The largest absolute Gasteiger partial charge is 0.462 e. The summed E-state index contributed by atoms with van der Waals surface area (Å²) in [4.78, 5) is 24.1. The number of aliphatic hydroxyl groups is 1. The van der Waals surface area contributed by atoms with E-state index < -0.39 is 6.10 Å². The fraction of sp³-hybridized carbons (Fsp3) is 0.838. The Morgan fingerprint density at radius 3 is 1.45 bits per heavy atom. The van der Waals surface area contributed by atoms with Gasteiger partial charge in [0.1, 0.15) is 6.61 Å². The monoisotopic (exact) mass is 593 g/mol. The molecule has 0 bridgehead atoms. The summed E-state index contributed by atoms with van der Waals surface area (Å²) in [5.41, 5.74) is 0. The van der Waals surface area contributed by atoms with Crippen LogP contribution in [0.25, 0.3) is 0 Å². The van der Waals surface area contributed by atoms with Gasteiger partial charge in [-0.3, -0.25) is 9.59 Å². The molecule has 0 fully saturated rings. The van der Waals surface area contributed by atoms with Gasteiger partial charge in [0, 0.05) is 12.8 Å². The number of hydrogen-bond donors (Lipinski definition) is 1. The summed E-state index contributed by atoms with van der Waals surface area (Å²) in [5, 5.41) is 9.51. The van der Waals surface area contributed by atoms with Crippen molar-refractivity contribution in [3.05, 3.63) is 24.3 Å². The lowest BCUT2D eigenvalue weighted by Gasteiger charge is -2.15. The van der Waals surface area contributed by atoms with E-state index in [1.807, 2.05) is 0 Å². The second-order valence-electron chi connectivity index (χ2n) is 12.0. The standard InChI is InChI=1S/C37H68O5/c1-3-5-7-9-11-13-15-17-18-20-22-24-26-28-30-32-37(40)42-35(33-38)34-41-36(39)31-29-27-25-23-21-19-16-14-12-10-8-6-4-2/h11,13,17-18,35,38H,3-10,12,14-16,19-34H2,1-2H3/b13-11-,18-17-. The van der Waals surface area contributed by atoms with Gasteiger partial charge in [0.15, 0.2) is 6.10 Å². The Kier molecular flexibility index (Phi) is 32.6. The maximum Gasteiger partial charge on any atom is 0.306 e. The van der Waals surface area contributed by atoms with Gasteiger partial charge in [-0.05, 0) is 44.9 Å². The summed E-state index contributed by atoms with van der Waals surface area (Å²) in [7, 11) is 0. The van der Waals surface area contributed by atoms with Crippen LogP contribution < -0.4 is 0 Å². The zero-order valence-electron chi connectivity index (χ0n) is 27.8. The van der Waals surface area contributed by atoms with Crippen LogP contribution in [-0.4, -0.2) is 36.4 Å². The van der Waals surface area contributed by atoms with Gasteiger partial charge < -0.3 is 14.6 Å². The SMILES string of the molecule is CCCCC/C=C\C/C=C\CCCCCCCC(=O)OC(CO)COC(=O)CCCCCCCCCCCCCCC. The summed E-state index contributed by atoms with van der Waals surface area (Å²) >= 11 is 0. The van der Waals surface area contributed by atoms with Crippen LogP contribution in [0.5, 0.6) is 0 Å². The third-order valence-corrected chi connectivity index (χ3v) is 7.75. The van der Waals surface area contributed by atoms with Gasteiger partial charge in [-0.25, -0.2) is 0 Å². The molecule has 5 heteroatoms. The highest BCUT2D eigenvalue weighted by Gasteiger charge is 2.16. The van der Waals surface area contributed by atoms with Gasteiger partial charge in [0.2, 0.25) is 0 Å². The molecule has 42 heavy (non-hydrogen) atoms. The molecule has 0 aromatic carbocycles. The second-order valence-corrected chi connectivity index (χ2v) is 12.0. The number of ether oxygens (including phenoxy) is 2. The molecule has 0 aliphatic carbocycles. The van der Waals surface area contributed by atoms with Gasteiger partial charge in [0.05, 0.1) is 6.61 Å². The van der Waals surface area contributed by atoms with E-state index in [9.17, 15) is 14.7 Å². The number of esters is 2. The normalized spacial score (nSPS) is 12.4. The van der Waals surface area contributed by atoms with E-state index in [0.29, 0.717) is 12.8 Å². The van der Waals surface area contributed by atoms with E-state index >= 15 is 0 Å². The average molecular weight is 593 g/mol. The molecule has 0 aliphatic heterocycles. The van der Waals surface area contributed by atoms with E-state index in [1.165, 1.54) is 103 Å². The number of allylic oxidation sites excluding steroid dienone is 4. The predicted molar refractivity (Wildman–Crippen MR) is 178 cm³/mol. The lowest BCUT2D eigenvalue weighted by Crippen LogP contribution is -2.28. The molecule has 1 atom stereocenters. The van der Waals surface area contributed by atoms with Crippen LogP contribution in [0, 0.1) is 0 Å². The highest BCUT2D eigenvalue weighted by atomic mass is 16.6. The molecule has 0 rings (SSSR count). The van der Waals surface area contributed by atoms with Crippen molar-refractivity contribution in [3.8, 4) is 0 Å². The van der Waals surface area contributed by atoms with Crippen molar-refractivity contribution in [1.29, 1.82) is 0 Å². The predicted octanol–water partition coefficient (Wildman–Crippen LogP) is 10.7. The van der Waals surface area contributed by atoms with Crippen molar-refractivity contribution in [1.82, 2.24) is 0 Å². The Hall–Kier alpha value is -1.62. The van der Waals surface area contributed by atoms with E-state index in [4.69, 9.17) is 9.47 Å². The molecule has 246 valence electrons. The fourth-order valence-corrected chi connectivity index (χ4v) is 4.99. The first kappa shape index (κ1) is 40.4. The quantitative estimate of drug-likeness (QED) is 0.0478. The number of carbonyl (C=O) groups is 2. The van der Waals surface area contributed by atoms with Crippen LogP contribution in [0.4, 0.5) is 0 Å². The lowest BCUT2D eigenvalue weighted by molar-refractivity contribution is -0.161. The Morgan fingerprint density at radius 1 is 0.548 bits per heavy atom. The molecule has 0 saturated heterocycles. The summed E-state index contributed by atoms with van der Waals surface area (Å²) in [6, 6.07) is 0. The second kappa shape index (κ2) is 33.9. The highest BCUT2D eigenvalue weighted by molar-refractivity contribution is 5.70. The van der Waals surface area contributed by atoms with Crippen molar-refractivity contribution >= 4 is 11.9 Å². The van der Waals surface area contributed by atoms with Gasteiger partial charge in [-0.15, -0.1) is 0 Å². The van der Waals surface area contributed by atoms with Crippen LogP contribution in [0.1, 0.15) is 181 Å². The van der Waals surface area contributed by atoms with E-state index in [0.717, 1.165) is 51.4 Å². The molecule has 0 saturated carbocycles. The third kappa shape index (κ3) is 31.3. The third-order valence-electron chi connectivity index (χ3n) is 7.75. The Morgan fingerprint density at radius 2 is 0.952 bits per heavy atom. The van der Waals surface area contributed by atoms with Crippen LogP contribution in [-0.2, 0) is 19.1 Å². The minimum atomic E-state index is -0.772. The number of carbonyl (C=O) groups excluding carboxylic acids is 2. The number of aliphatic hydroxyl groups excluding tert-OH is 1. The van der Waals surface area contributed by atoms with Crippen molar-refractivity contribution < 1.29 is 24.2 Å². The lowest BCUT2D eigenvalue weighted by atomic mass is 10.0. The molecule has 0 heterocycles. The first-order valence-corrected chi connectivity index (χ1v) is 17.9. The number of rotatable bonds is 32. The topological polar surface area (TPSA) is 72.8 Å². The van der Waals surface area contributed by atoms with E-state index in [-0.39, 0.29) is 25.2 Å². The first-order valence-electron chi connectivity index (χ1n) is 17.9. The summed E-state index contributed by atoms with van der Waals surface area (Å²) in [6.45, 7) is 4.09. The molecular weight excluding hydrogens is 524 g/mol. The smallest absolute Gasteiger partial charge is 0.306 e. The van der Waals surface area contributed by atoms with Crippen LogP contribution in [0.2, 0.25) is 0 Å². The van der Waals surface area contributed by atoms with E-state index in [2.05, 4.69) is 38.2 Å². The summed E-state index contributed by atoms with van der Waals surface area (Å²) in [6.07, 6.45) is 38.0. The van der Waals surface area contributed by atoms with Crippen molar-refractivity contribution in [2.75, 3.05) is 13.2 Å². The molecule has 0 amide bonds. The van der Waals surface area contributed by atoms with Crippen molar-refractivity contribution in [3.63, 3.8) is 0 Å². The van der Waals surface area contributed by atoms with Gasteiger partial charge in [-0.2, -0.15) is 0 Å². The highest BCUT2D eigenvalue weighted by Crippen LogP contribution is 2.14. The molecule has 0 spiro atoms. The first-order chi connectivity index (χ1) is 20.6. The molecule has 0 aliphatic rings. The zero-order valence-corrected chi connectivity index (χ0v) is 27.8. The zero-order chi connectivity index (χ0) is 30.8. The molecule has 0 radical (unpaired) electrons. The molecule has 0 aromatic rings. The minimum Gasteiger partial charge on any atom is -0.462 e. The number of hydrogen-bond acceptors (Lipinski definition) is 5. The Balaban J connectivity index is 3.59.